The molecule has 0 spiro atoms. The molecule has 0 aliphatic rings. The van der Waals surface area contributed by atoms with Gasteiger partial charge in [0.15, 0.2) is 0 Å². The van der Waals surface area contributed by atoms with Crippen molar-refractivity contribution in [2.75, 3.05) is 19.8 Å². The van der Waals surface area contributed by atoms with Gasteiger partial charge < -0.3 is 19.3 Å². The van der Waals surface area contributed by atoms with Gasteiger partial charge in [-0.05, 0) is 19.8 Å². The average molecular weight is 262 g/mol. The molecule has 1 N–H and O–H groups in total. The van der Waals surface area contributed by atoms with Crippen LogP contribution >= 0.6 is 0 Å². The van der Waals surface area contributed by atoms with Gasteiger partial charge in [0.25, 0.3) is 0 Å². The summed E-state index contributed by atoms with van der Waals surface area (Å²) in [6.45, 7) is 7.60. The zero-order valence-electron chi connectivity index (χ0n) is 11.7. The molecule has 0 aliphatic carbocycles. The van der Waals surface area contributed by atoms with Gasteiger partial charge in [-0.3, -0.25) is 0 Å². The standard InChI is InChI=1S/C13H26O5/c1-4-6-8-16-12(5-2)10-18-11(3)7-9-17-13(14)15/h11-12H,4-10H2,1-3H3,(H,14,15). The Morgan fingerprint density at radius 2 is 1.94 bits per heavy atom. The molecule has 0 rings (SSSR count). The number of unbranched alkanes of at least 4 members (excludes halogenated alkanes) is 1. The summed E-state index contributed by atoms with van der Waals surface area (Å²) in [6, 6.07) is 0. The van der Waals surface area contributed by atoms with E-state index in [-0.39, 0.29) is 18.8 Å². The summed E-state index contributed by atoms with van der Waals surface area (Å²) < 4.78 is 15.7. The first kappa shape index (κ1) is 17.2. The van der Waals surface area contributed by atoms with Gasteiger partial charge in [-0.1, -0.05) is 20.3 Å². The van der Waals surface area contributed by atoms with Crippen molar-refractivity contribution >= 4 is 6.16 Å². The Bertz CT molecular complexity index is 208. The number of hydrogen-bond donors (Lipinski definition) is 1. The largest absolute Gasteiger partial charge is 0.505 e. The summed E-state index contributed by atoms with van der Waals surface area (Å²) in [7, 11) is 0. The van der Waals surface area contributed by atoms with Crippen LogP contribution in [-0.4, -0.2) is 43.3 Å². The first-order chi connectivity index (χ1) is 8.60. The molecule has 5 nitrogen and oxygen atoms in total. The Balaban J connectivity index is 3.59. The van der Waals surface area contributed by atoms with Crippen molar-refractivity contribution in [1.29, 1.82) is 0 Å². The molecule has 18 heavy (non-hydrogen) atoms. The van der Waals surface area contributed by atoms with Crippen molar-refractivity contribution in [2.24, 2.45) is 0 Å². The van der Waals surface area contributed by atoms with E-state index in [1.165, 1.54) is 0 Å². The van der Waals surface area contributed by atoms with E-state index in [0.717, 1.165) is 25.9 Å². The second kappa shape index (κ2) is 11.3. The van der Waals surface area contributed by atoms with Gasteiger partial charge in [-0.25, -0.2) is 4.79 Å². The van der Waals surface area contributed by atoms with Crippen LogP contribution in [0.5, 0.6) is 0 Å². The molecule has 0 saturated carbocycles. The topological polar surface area (TPSA) is 65.0 Å². The number of rotatable bonds is 11. The Hall–Kier alpha value is -0.810. The molecule has 0 aromatic rings. The van der Waals surface area contributed by atoms with Crippen LogP contribution in [0.1, 0.15) is 46.5 Å². The number of ether oxygens (including phenoxy) is 3. The summed E-state index contributed by atoms with van der Waals surface area (Å²) >= 11 is 0. The third-order valence-electron chi connectivity index (χ3n) is 2.62. The predicted octanol–water partition coefficient (Wildman–Crippen LogP) is 3.07. The molecule has 0 radical (unpaired) electrons. The quantitative estimate of drug-likeness (QED) is 0.458. The normalized spacial score (nSPS) is 14.2. The lowest BCUT2D eigenvalue weighted by Gasteiger charge is -2.19. The first-order valence-electron chi connectivity index (χ1n) is 6.69. The van der Waals surface area contributed by atoms with Crippen LogP contribution in [0.15, 0.2) is 0 Å². The molecule has 5 heteroatoms. The maximum Gasteiger partial charge on any atom is 0.505 e. The Labute approximate surface area is 109 Å². The molecule has 2 unspecified atom stereocenters. The molecular weight excluding hydrogens is 236 g/mol. The second-order valence-corrected chi connectivity index (χ2v) is 4.30. The lowest BCUT2D eigenvalue weighted by molar-refractivity contribution is -0.0473. The van der Waals surface area contributed by atoms with E-state index in [0.29, 0.717) is 13.0 Å². The van der Waals surface area contributed by atoms with Crippen molar-refractivity contribution in [3.05, 3.63) is 0 Å². The lowest BCUT2D eigenvalue weighted by atomic mass is 10.2. The third kappa shape index (κ3) is 10.4. The van der Waals surface area contributed by atoms with E-state index in [1.54, 1.807) is 0 Å². The van der Waals surface area contributed by atoms with Gasteiger partial charge in [0.05, 0.1) is 25.4 Å². The van der Waals surface area contributed by atoms with E-state index < -0.39 is 6.16 Å². The molecule has 2 atom stereocenters. The van der Waals surface area contributed by atoms with Crippen LogP contribution in [0.3, 0.4) is 0 Å². The van der Waals surface area contributed by atoms with Crippen LogP contribution in [0, 0.1) is 0 Å². The minimum atomic E-state index is -1.24. The van der Waals surface area contributed by atoms with Gasteiger partial charge >= 0.3 is 6.16 Å². The monoisotopic (exact) mass is 262 g/mol. The summed E-state index contributed by atoms with van der Waals surface area (Å²) in [5.41, 5.74) is 0. The van der Waals surface area contributed by atoms with Crippen molar-refractivity contribution in [3.8, 4) is 0 Å². The molecule has 0 aromatic heterocycles. The number of hydrogen-bond acceptors (Lipinski definition) is 4. The van der Waals surface area contributed by atoms with Crippen molar-refractivity contribution in [2.45, 2.75) is 58.7 Å². The van der Waals surface area contributed by atoms with Gasteiger partial charge in [0.2, 0.25) is 0 Å². The van der Waals surface area contributed by atoms with E-state index in [1.807, 2.05) is 6.92 Å². The fourth-order valence-electron chi connectivity index (χ4n) is 1.35. The molecular formula is C13H26O5. The molecule has 0 aliphatic heterocycles. The fourth-order valence-corrected chi connectivity index (χ4v) is 1.35. The highest BCUT2D eigenvalue weighted by molar-refractivity contribution is 5.56. The van der Waals surface area contributed by atoms with E-state index in [9.17, 15) is 4.79 Å². The van der Waals surface area contributed by atoms with E-state index >= 15 is 0 Å². The fraction of sp³-hybridized carbons (Fsp3) is 0.923. The SMILES string of the molecule is CCCCOC(CC)COC(C)CCOC(=O)O. The maximum absolute atomic E-state index is 10.2. The third-order valence-corrected chi connectivity index (χ3v) is 2.62. The number of carbonyl (C=O) groups is 1. The molecule has 108 valence electrons. The molecule has 0 aromatic carbocycles. The van der Waals surface area contributed by atoms with Gasteiger partial charge in [-0.15, -0.1) is 0 Å². The minimum absolute atomic E-state index is 0.0202. The van der Waals surface area contributed by atoms with Crippen molar-refractivity contribution in [3.63, 3.8) is 0 Å². The average Bonchev–Trinajstić information content (AvgIpc) is 2.33. The summed E-state index contributed by atoms with van der Waals surface area (Å²) in [6.07, 6.45) is 2.54. The van der Waals surface area contributed by atoms with Crippen molar-refractivity contribution < 1.29 is 24.1 Å². The molecule has 0 amide bonds. The lowest BCUT2D eigenvalue weighted by Crippen LogP contribution is -2.24. The Morgan fingerprint density at radius 3 is 2.50 bits per heavy atom. The predicted molar refractivity (Wildman–Crippen MR) is 68.9 cm³/mol. The van der Waals surface area contributed by atoms with E-state index in [2.05, 4.69) is 18.6 Å². The highest BCUT2D eigenvalue weighted by Gasteiger charge is 2.10. The maximum atomic E-state index is 10.2. The minimum Gasteiger partial charge on any atom is -0.450 e. The summed E-state index contributed by atoms with van der Waals surface area (Å²) in [5.74, 6) is 0. The van der Waals surface area contributed by atoms with Crippen LogP contribution < -0.4 is 0 Å². The van der Waals surface area contributed by atoms with Crippen LogP contribution in [0.4, 0.5) is 4.79 Å². The van der Waals surface area contributed by atoms with Crippen LogP contribution in [0.25, 0.3) is 0 Å². The summed E-state index contributed by atoms with van der Waals surface area (Å²) in [4.78, 5) is 10.2. The van der Waals surface area contributed by atoms with Crippen LogP contribution in [-0.2, 0) is 14.2 Å². The van der Waals surface area contributed by atoms with Gasteiger partial charge in [0, 0.05) is 13.0 Å². The summed E-state index contributed by atoms with van der Waals surface area (Å²) in [5, 5.41) is 8.32. The zero-order chi connectivity index (χ0) is 13.8. The van der Waals surface area contributed by atoms with Crippen molar-refractivity contribution in [1.82, 2.24) is 0 Å². The van der Waals surface area contributed by atoms with Gasteiger partial charge in [0.1, 0.15) is 0 Å². The zero-order valence-corrected chi connectivity index (χ0v) is 11.7. The highest BCUT2D eigenvalue weighted by Crippen LogP contribution is 2.05. The number of carboxylic acid groups (broad SMARTS) is 1. The van der Waals surface area contributed by atoms with Gasteiger partial charge in [-0.2, -0.15) is 0 Å². The molecule has 0 saturated heterocycles. The smallest absolute Gasteiger partial charge is 0.450 e. The second-order valence-electron chi connectivity index (χ2n) is 4.30. The highest BCUT2D eigenvalue weighted by atomic mass is 16.7. The molecule has 0 bridgehead atoms. The first-order valence-corrected chi connectivity index (χ1v) is 6.69. The van der Waals surface area contributed by atoms with Crippen LogP contribution in [0.2, 0.25) is 0 Å². The Morgan fingerprint density at radius 1 is 1.22 bits per heavy atom. The molecule has 0 heterocycles. The molecule has 0 fully saturated rings. The Kier molecular flexibility index (Phi) is 10.8. The van der Waals surface area contributed by atoms with E-state index in [4.69, 9.17) is 14.6 Å².